The van der Waals surface area contributed by atoms with Gasteiger partial charge in [0.15, 0.2) is 5.82 Å². The zero-order valence-electron chi connectivity index (χ0n) is 11.9. The van der Waals surface area contributed by atoms with Crippen molar-refractivity contribution in [3.05, 3.63) is 47.4 Å². The topological polar surface area (TPSA) is 64.9 Å². The van der Waals surface area contributed by atoms with Crippen molar-refractivity contribution in [1.82, 2.24) is 10.1 Å². The van der Waals surface area contributed by atoms with Crippen LogP contribution < -0.4 is 5.73 Å². The van der Waals surface area contributed by atoms with Crippen LogP contribution in [0.25, 0.3) is 0 Å². The van der Waals surface area contributed by atoms with E-state index in [2.05, 4.69) is 24.0 Å². The number of nitrogens with zero attached hydrogens (tertiary/aromatic N) is 2. The fourth-order valence-electron chi connectivity index (χ4n) is 2.30. The van der Waals surface area contributed by atoms with Gasteiger partial charge < -0.3 is 10.3 Å². The molecule has 0 radical (unpaired) electrons. The van der Waals surface area contributed by atoms with E-state index in [1.807, 2.05) is 6.07 Å². The molecule has 20 heavy (non-hydrogen) atoms. The van der Waals surface area contributed by atoms with Gasteiger partial charge >= 0.3 is 0 Å². The zero-order valence-corrected chi connectivity index (χ0v) is 11.9. The van der Waals surface area contributed by atoms with E-state index >= 15 is 0 Å². The van der Waals surface area contributed by atoms with Gasteiger partial charge in [-0.1, -0.05) is 31.1 Å². The maximum atomic E-state index is 13.1. The summed E-state index contributed by atoms with van der Waals surface area (Å²) >= 11 is 0. The van der Waals surface area contributed by atoms with Gasteiger partial charge in [-0.3, -0.25) is 0 Å². The van der Waals surface area contributed by atoms with Crippen LogP contribution in [0.15, 0.2) is 28.8 Å². The van der Waals surface area contributed by atoms with Crippen LogP contribution in [0.4, 0.5) is 4.39 Å². The Hall–Kier alpha value is -1.75. The molecule has 5 heteroatoms. The summed E-state index contributed by atoms with van der Waals surface area (Å²) < 4.78 is 18.5. The van der Waals surface area contributed by atoms with Crippen LogP contribution in [0.3, 0.4) is 0 Å². The third kappa shape index (κ3) is 2.88. The number of halogens is 1. The molecule has 0 amide bonds. The third-order valence-corrected chi connectivity index (χ3v) is 3.92. The fraction of sp³-hybridized carbons (Fsp3) is 0.467. The normalized spacial score (nSPS) is 11.8. The molecule has 4 nitrogen and oxygen atoms in total. The standard InChI is InChI=1S/C15H20FN3O/c1-3-15(4-2,10-17)14-18-13(19-20-14)9-11-6-5-7-12(16)8-11/h5-8H,3-4,9-10,17H2,1-2H3. The van der Waals surface area contributed by atoms with Gasteiger partial charge in [0.1, 0.15) is 5.82 Å². The van der Waals surface area contributed by atoms with E-state index in [9.17, 15) is 4.39 Å². The van der Waals surface area contributed by atoms with E-state index in [4.69, 9.17) is 10.3 Å². The Labute approximate surface area is 118 Å². The molecule has 0 spiro atoms. The van der Waals surface area contributed by atoms with Crippen LogP contribution in [-0.2, 0) is 11.8 Å². The first-order valence-corrected chi connectivity index (χ1v) is 6.91. The van der Waals surface area contributed by atoms with Crippen molar-refractivity contribution in [2.24, 2.45) is 5.73 Å². The summed E-state index contributed by atoms with van der Waals surface area (Å²) in [6, 6.07) is 6.41. The smallest absolute Gasteiger partial charge is 0.234 e. The summed E-state index contributed by atoms with van der Waals surface area (Å²) in [7, 11) is 0. The summed E-state index contributed by atoms with van der Waals surface area (Å²) in [4.78, 5) is 4.44. The maximum absolute atomic E-state index is 13.1. The second-order valence-electron chi connectivity index (χ2n) is 5.01. The number of benzene rings is 1. The van der Waals surface area contributed by atoms with Crippen LogP contribution in [-0.4, -0.2) is 16.7 Å². The molecule has 0 aliphatic carbocycles. The highest BCUT2D eigenvalue weighted by Gasteiger charge is 2.33. The molecule has 0 atom stereocenters. The van der Waals surface area contributed by atoms with Gasteiger partial charge in [-0.05, 0) is 30.5 Å². The van der Waals surface area contributed by atoms with E-state index in [1.54, 1.807) is 6.07 Å². The van der Waals surface area contributed by atoms with Gasteiger partial charge in [0.2, 0.25) is 5.89 Å². The molecule has 0 bridgehead atoms. The Bertz CT molecular complexity index is 555. The SMILES string of the molecule is CCC(CC)(CN)c1nc(Cc2cccc(F)c2)no1. The van der Waals surface area contributed by atoms with Gasteiger partial charge in [0.05, 0.1) is 5.41 Å². The summed E-state index contributed by atoms with van der Waals surface area (Å²) in [6.45, 7) is 4.60. The highest BCUT2D eigenvalue weighted by molar-refractivity contribution is 5.20. The van der Waals surface area contributed by atoms with Crippen LogP contribution >= 0.6 is 0 Å². The van der Waals surface area contributed by atoms with Crippen LogP contribution in [0.1, 0.15) is 44.0 Å². The van der Waals surface area contributed by atoms with Gasteiger partial charge in [-0.15, -0.1) is 0 Å². The molecule has 1 aromatic carbocycles. The fourth-order valence-corrected chi connectivity index (χ4v) is 2.30. The first-order valence-electron chi connectivity index (χ1n) is 6.91. The molecule has 0 saturated heterocycles. The lowest BCUT2D eigenvalue weighted by molar-refractivity contribution is 0.266. The van der Waals surface area contributed by atoms with Gasteiger partial charge in [0.25, 0.3) is 0 Å². The lowest BCUT2D eigenvalue weighted by Gasteiger charge is -2.24. The van der Waals surface area contributed by atoms with E-state index in [1.165, 1.54) is 12.1 Å². The van der Waals surface area contributed by atoms with Crippen molar-refractivity contribution in [2.45, 2.75) is 38.5 Å². The Morgan fingerprint density at radius 1 is 1.30 bits per heavy atom. The monoisotopic (exact) mass is 277 g/mol. The minimum Gasteiger partial charge on any atom is -0.339 e. The summed E-state index contributed by atoms with van der Waals surface area (Å²) in [5, 5.41) is 3.99. The molecular formula is C15H20FN3O. The quantitative estimate of drug-likeness (QED) is 0.881. The van der Waals surface area contributed by atoms with Crippen LogP contribution in [0, 0.1) is 5.82 Å². The van der Waals surface area contributed by atoms with Crippen LogP contribution in [0.5, 0.6) is 0 Å². The molecule has 2 rings (SSSR count). The second-order valence-corrected chi connectivity index (χ2v) is 5.01. The molecule has 1 heterocycles. The molecule has 2 N–H and O–H groups in total. The van der Waals surface area contributed by atoms with Crippen molar-refractivity contribution in [1.29, 1.82) is 0 Å². The van der Waals surface area contributed by atoms with Gasteiger partial charge in [-0.2, -0.15) is 4.98 Å². The highest BCUT2D eigenvalue weighted by Crippen LogP contribution is 2.29. The average Bonchev–Trinajstić information content (AvgIpc) is 2.90. The maximum Gasteiger partial charge on any atom is 0.234 e. The largest absolute Gasteiger partial charge is 0.339 e. The van der Waals surface area contributed by atoms with Crippen molar-refractivity contribution in [2.75, 3.05) is 6.54 Å². The first kappa shape index (κ1) is 14.7. The van der Waals surface area contributed by atoms with Crippen molar-refractivity contribution in [3.63, 3.8) is 0 Å². The molecule has 108 valence electrons. The molecule has 2 aromatic rings. The highest BCUT2D eigenvalue weighted by atomic mass is 19.1. The predicted octanol–water partition coefficient (Wildman–Crippen LogP) is 2.82. The first-order chi connectivity index (χ1) is 9.63. The lowest BCUT2D eigenvalue weighted by atomic mass is 9.82. The Morgan fingerprint density at radius 2 is 2.05 bits per heavy atom. The summed E-state index contributed by atoms with van der Waals surface area (Å²) in [5.41, 5.74) is 6.43. The Morgan fingerprint density at radius 3 is 2.65 bits per heavy atom. The van der Waals surface area contributed by atoms with Crippen molar-refractivity contribution >= 4 is 0 Å². The Kier molecular flexibility index (Phi) is 4.49. The minimum absolute atomic E-state index is 0.257. The number of nitrogens with two attached hydrogens (primary N) is 1. The average molecular weight is 277 g/mol. The van der Waals surface area contributed by atoms with E-state index in [0.29, 0.717) is 24.7 Å². The number of hydrogen-bond acceptors (Lipinski definition) is 4. The van der Waals surface area contributed by atoms with Crippen LogP contribution in [0.2, 0.25) is 0 Å². The predicted molar refractivity (Wildman–Crippen MR) is 74.8 cm³/mol. The lowest BCUT2D eigenvalue weighted by Crippen LogP contribution is -2.34. The second kappa shape index (κ2) is 6.13. The number of rotatable bonds is 6. The van der Waals surface area contributed by atoms with Gasteiger partial charge in [0, 0.05) is 13.0 Å². The van der Waals surface area contributed by atoms with Crippen molar-refractivity contribution in [3.8, 4) is 0 Å². The molecule has 0 saturated carbocycles. The third-order valence-electron chi connectivity index (χ3n) is 3.92. The van der Waals surface area contributed by atoms with E-state index in [-0.39, 0.29) is 11.2 Å². The van der Waals surface area contributed by atoms with E-state index in [0.717, 1.165) is 18.4 Å². The molecule has 0 aliphatic rings. The van der Waals surface area contributed by atoms with Crippen molar-refractivity contribution < 1.29 is 8.91 Å². The Balaban J connectivity index is 2.20. The zero-order chi connectivity index (χ0) is 14.6. The molecule has 0 fully saturated rings. The van der Waals surface area contributed by atoms with E-state index < -0.39 is 0 Å². The number of hydrogen-bond donors (Lipinski definition) is 1. The molecular weight excluding hydrogens is 257 g/mol. The molecule has 0 unspecified atom stereocenters. The summed E-state index contributed by atoms with van der Waals surface area (Å²) in [6.07, 6.45) is 2.15. The number of aromatic nitrogens is 2. The van der Waals surface area contributed by atoms with Gasteiger partial charge in [-0.25, -0.2) is 4.39 Å². The minimum atomic E-state index is -0.260. The molecule has 0 aliphatic heterocycles. The molecule has 1 aromatic heterocycles. The summed E-state index contributed by atoms with van der Waals surface area (Å²) in [5.74, 6) is 0.881.